The maximum atomic E-state index is 11.8. The van der Waals surface area contributed by atoms with E-state index in [1.165, 1.54) is 0 Å². The average Bonchev–Trinajstić information content (AvgIpc) is 2.71. The Morgan fingerprint density at radius 3 is 2.80 bits per heavy atom. The van der Waals surface area contributed by atoms with Crippen molar-refractivity contribution in [1.82, 2.24) is 0 Å². The Kier molecular flexibility index (Phi) is 2.95. The van der Waals surface area contributed by atoms with Crippen LogP contribution in [0.1, 0.15) is 21.5 Å². The van der Waals surface area contributed by atoms with Crippen LogP contribution in [0, 0.1) is 0 Å². The summed E-state index contributed by atoms with van der Waals surface area (Å²) >= 11 is 0. The van der Waals surface area contributed by atoms with Gasteiger partial charge in [-0.25, -0.2) is 4.79 Å². The highest BCUT2D eigenvalue weighted by Gasteiger charge is 2.43. The molecule has 1 heterocycles. The second kappa shape index (κ2) is 4.65. The summed E-state index contributed by atoms with van der Waals surface area (Å²) in [5, 5.41) is 10.6. The minimum absolute atomic E-state index is 0.187. The van der Waals surface area contributed by atoms with Gasteiger partial charge in [0.2, 0.25) is 5.79 Å². The lowest BCUT2D eigenvalue weighted by Crippen LogP contribution is -2.28. The number of benzene rings is 2. The van der Waals surface area contributed by atoms with E-state index < -0.39 is 11.8 Å². The standard InChI is InChI=1S/C16H14O4/c1-19-12-6-4-5-11(9-12)10-16(18)14-8-3-2-7-13(14)15(17)20-16/h2-9,18H,10H2,1H3. The summed E-state index contributed by atoms with van der Waals surface area (Å²) in [6.45, 7) is 0. The molecular formula is C16H14O4. The van der Waals surface area contributed by atoms with Crippen LogP contribution >= 0.6 is 0 Å². The number of carbonyl (C=O) groups excluding carboxylic acids is 1. The third kappa shape index (κ3) is 2.04. The van der Waals surface area contributed by atoms with Crippen LogP contribution in [0.15, 0.2) is 48.5 Å². The first-order valence-corrected chi connectivity index (χ1v) is 6.30. The molecule has 0 amide bonds. The van der Waals surface area contributed by atoms with Crippen molar-refractivity contribution in [3.05, 3.63) is 65.2 Å². The molecule has 102 valence electrons. The van der Waals surface area contributed by atoms with Gasteiger partial charge in [0.05, 0.1) is 12.7 Å². The van der Waals surface area contributed by atoms with Gasteiger partial charge in [0.1, 0.15) is 5.75 Å². The Balaban J connectivity index is 1.96. The molecule has 0 aromatic heterocycles. The van der Waals surface area contributed by atoms with E-state index >= 15 is 0 Å². The molecular weight excluding hydrogens is 256 g/mol. The van der Waals surface area contributed by atoms with Crippen molar-refractivity contribution >= 4 is 5.97 Å². The minimum atomic E-state index is -1.61. The van der Waals surface area contributed by atoms with E-state index in [1.54, 1.807) is 31.4 Å². The predicted octanol–water partition coefficient (Wildman–Crippen LogP) is 2.25. The Bertz CT molecular complexity index is 665. The van der Waals surface area contributed by atoms with Crippen molar-refractivity contribution in [2.24, 2.45) is 0 Å². The van der Waals surface area contributed by atoms with Gasteiger partial charge in [-0.15, -0.1) is 0 Å². The highest BCUT2D eigenvalue weighted by atomic mass is 16.7. The molecule has 0 saturated heterocycles. The van der Waals surface area contributed by atoms with Crippen molar-refractivity contribution < 1.29 is 19.4 Å². The first-order valence-electron chi connectivity index (χ1n) is 6.30. The van der Waals surface area contributed by atoms with Crippen LogP contribution in [0.3, 0.4) is 0 Å². The van der Waals surface area contributed by atoms with Gasteiger partial charge < -0.3 is 14.6 Å². The molecule has 0 spiro atoms. The lowest BCUT2D eigenvalue weighted by atomic mass is 9.96. The molecule has 1 N–H and O–H groups in total. The molecule has 1 aliphatic heterocycles. The monoisotopic (exact) mass is 270 g/mol. The number of hydrogen-bond acceptors (Lipinski definition) is 4. The first-order chi connectivity index (χ1) is 9.62. The highest BCUT2D eigenvalue weighted by Crippen LogP contribution is 2.37. The van der Waals surface area contributed by atoms with Gasteiger partial charge in [-0.1, -0.05) is 30.3 Å². The molecule has 0 radical (unpaired) electrons. The molecule has 3 rings (SSSR count). The Morgan fingerprint density at radius 2 is 2.00 bits per heavy atom. The lowest BCUT2D eigenvalue weighted by Gasteiger charge is -2.22. The smallest absolute Gasteiger partial charge is 0.341 e. The van der Waals surface area contributed by atoms with E-state index in [4.69, 9.17) is 9.47 Å². The third-order valence-corrected chi connectivity index (χ3v) is 3.41. The quantitative estimate of drug-likeness (QED) is 0.869. The van der Waals surface area contributed by atoms with Gasteiger partial charge >= 0.3 is 5.97 Å². The molecule has 1 aliphatic rings. The molecule has 0 saturated carbocycles. The number of hydrogen-bond donors (Lipinski definition) is 1. The number of fused-ring (bicyclic) bond motifs is 1. The molecule has 0 fully saturated rings. The summed E-state index contributed by atoms with van der Waals surface area (Å²) in [5.74, 6) is -1.41. The second-order valence-electron chi connectivity index (χ2n) is 4.75. The van der Waals surface area contributed by atoms with Gasteiger partial charge in [0.15, 0.2) is 0 Å². The summed E-state index contributed by atoms with van der Waals surface area (Å²) < 4.78 is 10.3. The first kappa shape index (κ1) is 12.7. The van der Waals surface area contributed by atoms with Gasteiger partial charge in [-0.2, -0.15) is 0 Å². The second-order valence-corrected chi connectivity index (χ2v) is 4.75. The lowest BCUT2D eigenvalue weighted by molar-refractivity contribution is -0.161. The van der Waals surface area contributed by atoms with Crippen molar-refractivity contribution in [2.45, 2.75) is 12.2 Å². The van der Waals surface area contributed by atoms with Crippen LogP contribution in [0.4, 0.5) is 0 Å². The fraction of sp³-hybridized carbons (Fsp3) is 0.188. The number of esters is 1. The molecule has 1 unspecified atom stereocenters. The van der Waals surface area contributed by atoms with Crippen LogP contribution in [0.25, 0.3) is 0 Å². The normalized spacial score (nSPS) is 20.4. The zero-order valence-corrected chi connectivity index (χ0v) is 11.0. The van der Waals surface area contributed by atoms with Crippen LogP contribution in [-0.4, -0.2) is 18.2 Å². The minimum Gasteiger partial charge on any atom is -0.497 e. The number of cyclic esters (lactones) is 1. The summed E-state index contributed by atoms with van der Waals surface area (Å²) in [5.41, 5.74) is 1.75. The van der Waals surface area contributed by atoms with Crippen molar-refractivity contribution in [3.8, 4) is 5.75 Å². The summed E-state index contributed by atoms with van der Waals surface area (Å²) in [4.78, 5) is 11.8. The van der Waals surface area contributed by atoms with Gasteiger partial charge in [-0.05, 0) is 23.8 Å². The van der Waals surface area contributed by atoms with Gasteiger partial charge in [0, 0.05) is 12.0 Å². The maximum absolute atomic E-state index is 11.8. The zero-order chi connectivity index (χ0) is 14.2. The van der Waals surface area contributed by atoms with Gasteiger partial charge in [-0.3, -0.25) is 0 Å². The fourth-order valence-corrected chi connectivity index (χ4v) is 2.46. The van der Waals surface area contributed by atoms with E-state index in [-0.39, 0.29) is 6.42 Å². The number of rotatable bonds is 3. The topological polar surface area (TPSA) is 55.8 Å². The molecule has 20 heavy (non-hydrogen) atoms. The van der Waals surface area contributed by atoms with Crippen LogP contribution in [-0.2, 0) is 16.9 Å². The maximum Gasteiger partial charge on any atom is 0.341 e. The molecule has 4 heteroatoms. The van der Waals surface area contributed by atoms with Crippen molar-refractivity contribution in [3.63, 3.8) is 0 Å². The van der Waals surface area contributed by atoms with Crippen molar-refractivity contribution in [1.29, 1.82) is 0 Å². The molecule has 0 bridgehead atoms. The molecule has 0 aliphatic carbocycles. The summed E-state index contributed by atoms with van der Waals surface area (Å²) in [6.07, 6.45) is 0.187. The average molecular weight is 270 g/mol. The van der Waals surface area contributed by atoms with Crippen molar-refractivity contribution in [2.75, 3.05) is 7.11 Å². The molecule has 4 nitrogen and oxygen atoms in total. The SMILES string of the molecule is COc1cccc(CC2(O)OC(=O)c3ccccc32)c1. The van der Waals surface area contributed by atoms with Crippen LogP contribution in [0.2, 0.25) is 0 Å². The van der Waals surface area contributed by atoms with Gasteiger partial charge in [0.25, 0.3) is 0 Å². The van der Waals surface area contributed by atoms with E-state index in [0.717, 1.165) is 5.56 Å². The van der Waals surface area contributed by atoms with Crippen LogP contribution < -0.4 is 4.74 Å². The highest BCUT2D eigenvalue weighted by molar-refractivity contribution is 5.94. The third-order valence-electron chi connectivity index (χ3n) is 3.41. The predicted molar refractivity (Wildman–Crippen MR) is 72.5 cm³/mol. The van der Waals surface area contributed by atoms with E-state index in [1.807, 2.05) is 24.3 Å². The number of methoxy groups -OCH3 is 1. The number of carbonyl (C=O) groups is 1. The zero-order valence-electron chi connectivity index (χ0n) is 11.0. The molecule has 1 atom stereocenters. The van der Waals surface area contributed by atoms with E-state index in [2.05, 4.69) is 0 Å². The van der Waals surface area contributed by atoms with E-state index in [0.29, 0.717) is 16.9 Å². The Morgan fingerprint density at radius 1 is 1.20 bits per heavy atom. The van der Waals surface area contributed by atoms with Crippen LogP contribution in [0.5, 0.6) is 5.75 Å². The molecule has 2 aromatic rings. The number of aliphatic hydroxyl groups is 1. The fourth-order valence-electron chi connectivity index (χ4n) is 2.46. The number of ether oxygens (including phenoxy) is 2. The Hall–Kier alpha value is -2.33. The van der Waals surface area contributed by atoms with E-state index in [9.17, 15) is 9.90 Å². The largest absolute Gasteiger partial charge is 0.497 e. The summed E-state index contributed by atoms with van der Waals surface area (Å²) in [6, 6.07) is 14.2. The molecule has 2 aromatic carbocycles. The Labute approximate surface area is 116 Å². The summed E-state index contributed by atoms with van der Waals surface area (Å²) in [7, 11) is 1.58.